The Labute approximate surface area is 134 Å². The van der Waals surface area contributed by atoms with Crippen LogP contribution in [0.25, 0.3) is 0 Å². The van der Waals surface area contributed by atoms with Crippen molar-refractivity contribution in [3.63, 3.8) is 0 Å². The van der Waals surface area contributed by atoms with E-state index in [1.807, 2.05) is 0 Å². The van der Waals surface area contributed by atoms with Crippen LogP contribution in [-0.2, 0) is 0 Å². The molecule has 0 amide bonds. The van der Waals surface area contributed by atoms with Crippen molar-refractivity contribution in [1.29, 1.82) is 0 Å². The van der Waals surface area contributed by atoms with Crippen LogP contribution >= 0.6 is 16.1 Å². The Bertz CT molecular complexity index is 421. The Morgan fingerprint density at radius 2 is 1.10 bits per heavy atom. The van der Waals surface area contributed by atoms with Crippen LogP contribution in [0.3, 0.4) is 0 Å². The summed E-state index contributed by atoms with van der Waals surface area (Å²) in [6.07, 6.45) is 0. The van der Waals surface area contributed by atoms with E-state index < -0.39 is 0 Å². The van der Waals surface area contributed by atoms with Gasteiger partial charge in [0.05, 0.1) is 0 Å². The molecule has 0 spiro atoms. The molecular weight excluding hydrogens is 292 g/mol. The summed E-state index contributed by atoms with van der Waals surface area (Å²) in [7, 11) is -0.677. The number of hydrogen-bond acceptors (Lipinski definition) is 1. The van der Waals surface area contributed by atoms with Crippen molar-refractivity contribution in [2.75, 3.05) is 0 Å². The van der Waals surface area contributed by atoms with Crippen molar-refractivity contribution in [2.24, 2.45) is 0 Å². The third kappa shape index (κ3) is 5.63. The maximum Gasteiger partial charge on any atom is 0.00249 e. The second-order valence-corrected chi connectivity index (χ2v) is 15.3. The van der Waals surface area contributed by atoms with Gasteiger partial charge in [0.1, 0.15) is 0 Å². The molecule has 1 atom stereocenters. The van der Waals surface area contributed by atoms with Crippen LogP contribution in [0.1, 0.15) is 62.3 Å². The molecule has 0 radical (unpaired) electrons. The first kappa shape index (κ1) is 19.1. The van der Waals surface area contributed by atoms with Gasteiger partial charge < -0.3 is 0 Å². The summed E-state index contributed by atoms with van der Waals surface area (Å²) in [6.45, 7) is 21.3. The predicted octanol–water partition coefficient (Wildman–Crippen LogP) is 6.09. The van der Waals surface area contributed by atoms with Gasteiger partial charge >= 0.3 is 0 Å². The van der Waals surface area contributed by atoms with E-state index in [0.717, 1.165) is 0 Å². The molecule has 1 N–H and O–H groups in total. The Kier molecular flexibility index (Phi) is 6.05. The van der Waals surface area contributed by atoms with Crippen LogP contribution in [0.15, 0.2) is 30.3 Å². The van der Waals surface area contributed by atoms with E-state index in [-0.39, 0.29) is 21.3 Å². The van der Waals surface area contributed by atoms with Crippen LogP contribution in [0.2, 0.25) is 0 Å². The van der Waals surface area contributed by atoms with Crippen molar-refractivity contribution < 1.29 is 0 Å². The highest BCUT2D eigenvalue weighted by Crippen LogP contribution is 2.62. The quantitative estimate of drug-likeness (QED) is 0.663. The van der Waals surface area contributed by atoms with Gasteiger partial charge in [0.25, 0.3) is 0 Å². The summed E-state index contributed by atoms with van der Waals surface area (Å²) in [5.74, 6) is 0. The molecule has 1 unspecified atom stereocenters. The molecule has 0 heterocycles. The molecule has 0 aromatic heterocycles. The van der Waals surface area contributed by atoms with Crippen LogP contribution in [0.4, 0.5) is 0 Å². The molecule has 0 saturated heterocycles. The summed E-state index contributed by atoms with van der Waals surface area (Å²) in [5, 5.41) is 2.32. The monoisotopic (exact) mass is 325 g/mol. The topological polar surface area (TPSA) is 12.0 Å². The van der Waals surface area contributed by atoms with Gasteiger partial charge in [-0.15, -0.1) is 0 Å². The Balaban J connectivity index is 3.17. The SMILES string of the molecule is CC(C)(C)P(NP(C(C)(C)C)C(C)(C)C)c1ccccc1. The smallest absolute Gasteiger partial charge is 0.00249 e. The molecule has 21 heavy (non-hydrogen) atoms. The van der Waals surface area contributed by atoms with Crippen molar-refractivity contribution in [3.05, 3.63) is 30.3 Å². The summed E-state index contributed by atoms with van der Waals surface area (Å²) in [5.41, 5.74) is 0. The van der Waals surface area contributed by atoms with Crippen LogP contribution in [-0.4, -0.2) is 15.5 Å². The number of nitrogens with one attached hydrogen (secondary N) is 1. The molecule has 1 rings (SSSR count). The van der Waals surface area contributed by atoms with Crippen molar-refractivity contribution in [1.82, 2.24) is 4.86 Å². The molecule has 120 valence electrons. The van der Waals surface area contributed by atoms with Crippen LogP contribution < -0.4 is 10.2 Å². The molecule has 1 nitrogen and oxygen atoms in total. The second kappa shape index (κ2) is 6.66. The zero-order valence-electron chi connectivity index (χ0n) is 15.3. The Morgan fingerprint density at radius 1 is 0.667 bits per heavy atom. The molecule has 0 bridgehead atoms. The average Bonchev–Trinajstić information content (AvgIpc) is 2.25. The largest absolute Gasteiger partial charge is 0.269 e. The molecule has 0 fully saturated rings. The minimum Gasteiger partial charge on any atom is -0.269 e. The van der Waals surface area contributed by atoms with Gasteiger partial charge in [-0.05, 0) is 28.8 Å². The maximum atomic E-state index is 4.12. The van der Waals surface area contributed by atoms with Crippen molar-refractivity contribution >= 4 is 21.4 Å². The lowest BCUT2D eigenvalue weighted by molar-refractivity contribution is 0.699. The molecule has 0 aliphatic carbocycles. The van der Waals surface area contributed by atoms with Gasteiger partial charge in [-0.3, -0.25) is 4.86 Å². The molecule has 0 aliphatic rings. The highest BCUT2D eigenvalue weighted by Gasteiger charge is 2.38. The molecule has 0 aliphatic heterocycles. The maximum absolute atomic E-state index is 4.12. The van der Waals surface area contributed by atoms with E-state index in [9.17, 15) is 0 Å². The highest BCUT2D eigenvalue weighted by molar-refractivity contribution is 7.77. The molecule has 3 heteroatoms. The van der Waals surface area contributed by atoms with Crippen molar-refractivity contribution in [3.8, 4) is 0 Å². The van der Waals surface area contributed by atoms with E-state index in [1.54, 1.807) is 0 Å². The first-order chi connectivity index (χ1) is 9.33. The van der Waals surface area contributed by atoms with E-state index in [2.05, 4.69) is 97.5 Å². The fraction of sp³-hybridized carbons (Fsp3) is 0.667. The summed E-state index contributed by atoms with van der Waals surface area (Å²) in [4.78, 5) is 4.12. The fourth-order valence-electron chi connectivity index (χ4n) is 2.58. The molecular formula is C18H33NP2. The lowest BCUT2D eigenvalue weighted by Crippen LogP contribution is -2.35. The van der Waals surface area contributed by atoms with Gasteiger partial charge in [0, 0.05) is 8.07 Å². The third-order valence-electron chi connectivity index (χ3n) is 3.23. The minimum absolute atomic E-state index is 0.258. The first-order valence-corrected chi connectivity index (χ1v) is 10.4. The zero-order valence-corrected chi connectivity index (χ0v) is 17.1. The summed E-state index contributed by atoms with van der Waals surface area (Å²) >= 11 is 0. The Morgan fingerprint density at radius 3 is 1.43 bits per heavy atom. The van der Waals surface area contributed by atoms with E-state index >= 15 is 0 Å². The van der Waals surface area contributed by atoms with Gasteiger partial charge in [-0.2, -0.15) is 0 Å². The normalized spacial score (nSPS) is 15.3. The summed E-state index contributed by atoms with van der Waals surface area (Å²) in [6, 6.07) is 11.0. The van der Waals surface area contributed by atoms with Gasteiger partial charge in [-0.1, -0.05) is 92.6 Å². The first-order valence-electron chi connectivity index (χ1n) is 7.75. The molecule has 1 aromatic rings. The lowest BCUT2D eigenvalue weighted by Gasteiger charge is -2.46. The number of rotatable bonds is 3. The van der Waals surface area contributed by atoms with E-state index in [1.165, 1.54) is 5.30 Å². The van der Waals surface area contributed by atoms with Gasteiger partial charge in [-0.25, -0.2) is 0 Å². The Hall–Kier alpha value is 0.0400. The highest BCUT2D eigenvalue weighted by atomic mass is 31.2. The summed E-state index contributed by atoms with van der Waals surface area (Å²) < 4.78 is 0. The second-order valence-electron chi connectivity index (χ2n) is 8.62. The van der Waals surface area contributed by atoms with Crippen LogP contribution in [0.5, 0.6) is 0 Å². The number of benzene rings is 1. The minimum atomic E-state index is -0.386. The standard InChI is InChI=1S/C18H33NP2/c1-16(2,3)20(15-13-11-10-12-14-15)19-21(17(4,5)6)18(7,8)9/h10-14,19H,1-9H3. The third-order valence-corrected chi connectivity index (χ3v) is 9.67. The van der Waals surface area contributed by atoms with Crippen LogP contribution in [0, 0.1) is 0 Å². The van der Waals surface area contributed by atoms with Gasteiger partial charge in [0.15, 0.2) is 0 Å². The lowest BCUT2D eigenvalue weighted by atomic mass is 10.2. The fourth-order valence-corrected chi connectivity index (χ4v) is 10.7. The van der Waals surface area contributed by atoms with E-state index in [4.69, 9.17) is 0 Å². The number of hydrogen-bond donors (Lipinski definition) is 1. The van der Waals surface area contributed by atoms with Crippen molar-refractivity contribution in [2.45, 2.75) is 77.8 Å². The molecule has 0 saturated carbocycles. The zero-order chi connectivity index (χ0) is 16.5. The van der Waals surface area contributed by atoms with Gasteiger partial charge in [0.2, 0.25) is 0 Å². The van der Waals surface area contributed by atoms with E-state index in [0.29, 0.717) is 10.3 Å². The molecule has 1 aromatic carbocycles. The predicted molar refractivity (Wildman–Crippen MR) is 102 cm³/mol. The average molecular weight is 325 g/mol.